The van der Waals surface area contributed by atoms with E-state index in [2.05, 4.69) is 5.32 Å². The maximum atomic E-state index is 11.8. The Morgan fingerprint density at radius 2 is 2.10 bits per heavy atom. The molecule has 1 rings (SSSR count). The summed E-state index contributed by atoms with van der Waals surface area (Å²) < 4.78 is 10.3. The molecule has 1 aromatic rings. The van der Waals surface area contributed by atoms with Gasteiger partial charge in [-0.3, -0.25) is 5.32 Å². The van der Waals surface area contributed by atoms with Gasteiger partial charge in [0.05, 0.1) is 19.4 Å². The molecular weight excluding hydrogens is 258 g/mol. The number of aliphatic hydroxyl groups excluding tert-OH is 1. The fourth-order valence-corrected chi connectivity index (χ4v) is 1.51. The molecule has 5 heteroatoms. The Morgan fingerprint density at radius 3 is 2.65 bits per heavy atom. The van der Waals surface area contributed by atoms with Crippen LogP contribution in [0.4, 0.5) is 10.5 Å². The van der Waals surface area contributed by atoms with E-state index in [4.69, 9.17) is 14.6 Å². The number of methoxy groups -OCH3 is 1. The van der Waals surface area contributed by atoms with Crippen molar-refractivity contribution in [3.8, 4) is 5.75 Å². The molecular formula is C15H21NO4. The topological polar surface area (TPSA) is 67.8 Å². The Balaban J connectivity index is 2.95. The van der Waals surface area contributed by atoms with Gasteiger partial charge in [-0.1, -0.05) is 12.2 Å². The average Bonchev–Trinajstić information content (AvgIpc) is 2.34. The third-order valence-electron chi connectivity index (χ3n) is 2.30. The molecule has 0 bridgehead atoms. The van der Waals surface area contributed by atoms with Crippen molar-refractivity contribution in [2.75, 3.05) is 19.0 Å². The highest BCUT2D eigenvalue weighted by Gasteiger charge is 2.17. The van der Waals surface area contributed by atoms with Gasteiger partial charge in [0.1, 0.15) is 11.4 Å². The molecule has 0 fully saturated rings. The van der Waals surface area contributed by atoms with Crippen molar-refractivity contribution in [1.82, 2.24) is 0 Å². The molecule has 0 heterocycles. The summed E-state index contributed by atoms with van der Waals surface area (Å²) in [5.74, 6) is 0.622. The normalized spacial score (nSPS) is 11.4. The number of benzene rings is 1. The van der Waals surface area contributed by atoms with Gasteiger partial charge in [0, 0.05) is 6.07 Å². The van der Waals surface area contributed by atoms with Gasteiger partial charge in [0.25, 0.3) is 0 Å². The van der Waals surface area contributed by atoms with Gasteiger partial charge in [0.15, 0.2) is 0 Å². The highest BCUT2D eigenvalue weighted by molar-refractivity contribution is 5.88. The van der Waals surface area contributed by atoms with Crippen molar-refractivity contribution in [2.45, 2.75) is 26.4 Å². The van der Waals surface area contributed by atoms with E-state index >= 15 is 0 Å². The lowest BCUT2D eigenvalue weighted by Crippen LogP contribution is -2.27. The molecule has 5 nitrogen and oxygen atoms in total. The first-order valence-corrected chi connectivity index (χ1v) is 6.31. The SMILES string of the molecule is COc1ccc(/C=C\CO)c(NC(=O)OC(C)(C)C)c1. The number of hydrogen-bond donors (Lipinski definition) is 2. The summed E-state index contributed by atoms with van der Waals surface area (Å²) in [5.41, 5.74) is 0.748. The maximum absolute atomic E-state index is 11.8. The van der Waals surface area contributed by atoms with Gasteiger partial charge in [-0.25, -0.2) is 4.79 Å². The molecule has 1 amide bonds. The van der Waals surface area contributed by atoms with E-state index in [9.17, 15) is 4.79 Å². The molecule has 0 spiro atoms. The van der Waals surface area contributed by atoms with E-state index in [0.29, 0.717) is 11.4 Å². The number of anilines is 1. The van der Waals surface area contributed by atoms with Gasteiger partial charge in [-0.15, -0.1) is 0 Å². The molecule has 0 aliphatic heterocycles. The molecule has 0 saturated carbocycles. The summed E-state index contributed by atoms with van der Waals surface area (Å²) in [6.45, 7) is 5.32. The Kier molecular flexibility index (Phi) is 5.58. The largest absolute Gasteiger partial charge is 0.497 e. The molecule has 0 radical (unpaired) electrons. The fourth-order valence-electron chi connectivity index (χ4n) is 1.51. The average molecular weight is 279 g/mol. The Labute approximate surface area is 119 Å². The quantitative estimate of drug-likeness (QED) is 0.889. The van der Waals surface area contributed by atoms with Crippen molar-refractivity contribution >= 4 is 17.9 Å². The summed E-state index contributed by atoms with van der Waals surface area (Å²) >= 11 is 0. The van der Waals surface area contributed by atoms with Gasteiger partial charge in [-0.2, -0.15) is 0 Å². The molecule has 0 aliphatic rings. The second-order valence-corrected chi connectivity index (χ2v) is 5.17. The lowest BCUT2D eigenvalue weighted by atomic mass is 10.1. The lowest BCUT2D eigenvalue weighted by molar-refractivity contribution is 0.0636. The summed E-state index contributed by atoms with van der Waals surface area (Å²) in [7, 11) is 1.55. The van der Waals surface area contributed by atoms with Crippen molar-refractivity contribution in [1.29, 1.82) is 0 Å². The van der Waals surface area contributed by atoms with Crippen LogP contribution in [0.5, 0.6) is 5.75 Å². The van der Waals surface area contributed by atoms with Gasteiger partial charge in [0.2, 0.25) is 0 Å². The van der Waals surface area contributed by atoms with Crippen LogP contribution >= 0.6 is 0 Å². The summed E-state index contributed by atoms with van der Waals surface area (Å²) in [6.07, 6.45) is 2.76. The number of aliphatic hydroxyl groups is 1. The standard InChI is InChI=1S/C15H21NO4/c1-15(2,3)20-14(18)16-13-10-12(19-4)8-7-11(13)6-5-9-17/h5-8,10,17H,9H2,1-4H3,(H,16,18)/b6-5-. The number of rotatable bonds is 4. The molecule has 110 valence electrons. The predicted octanol–water partition coefficient (Wildman–Crippen LogP) is 3.05. The van der Waals surface area contributed by atoms with E-state index in [1.807, 2.05) is 0 Å². The van der Waals surface area contributed by atoms with E-state index in [1.54, 1.807) is 58.2 Å². The van der Waals surface area contributed by atoms with Crippen LogP contribution in [0.3, 0.4) is 0 Å². The molecule has 0 unspecified atom stereocenters. The van der Waals surface area contributed by atoms with Crippen LogP contribution in [0.15, 0.2) is 24.3 Å². The summed E-state index contributed by atoms with van der Waals surface area (Å²) in [4.78, 5) is 11.8. The number of nitrogens with one attached hydrogen (secondary N) is 1. The molecule has 0 aromatic heterocycles. The number of amides is 1. The summed E-state index contributed by atoms with van der Waals surface area (Å²) in [6, 6.07) is 5.26. The van der Waals surface area contributed by atoms with Crippen LogP contribution < -0.4 is 10.1 Å². The van der Waals surface area contributed by atoms with E-state index < -0.39 is 11.7 Å². The summed E-state index contributed by atoms with van der Waals surface area (Å²) in [5, 5.41) is 11.5. The number of ether oxygens (including phenoxy) is 2. The molecule has 1 aromatic carbocycles. The lowest BCUT2D eigenvalue weighted by Gasteiger charge is -2.20. The zero-order valence-electron chi connectivity index (χ0n) is 12.3. The van der Waals surface area contributed by atoms with Crippen molar-refractivity contribution in [2.24, 2.45) is 0 Å². The van der Waals surface area contributed by atoms with Crippen LogP contribution in [0.2, 0.25) is 0 Å². The predicted molar refractivity (Wildman–Crippen MR) is 79.0 cm³/mol. The Morgan fingerprint density at radius 1 is 1.40 bits per heavy atom. The van der Waals surface area contributed by atoms with Crippen molar-refractivity contribution < 1.29 is 19.4 Å². The maximum Gasteiger partial charge on any atom is 0.412 e. The van der Waals surface area contributed by atoms with Crippen molar-refractivity contribution in [3.63, 3.8) is 0 Å². The third kappa shape index (κ3) is 5.32. The van der Waals surface area contributed by atoms with Gasteiger partial charge < -0.3 is 14.6 Å². The first kappa shape index (κ1) is 16.0. The zero-order chi connectivity index (χ0) is 15.2. The molecule has 0 atom stereocenters. The van der Waals surface area contributed by atoms with Crippen LogP contribution in [0.1, 0.15) is 26.3 Å². The number of carbonyl (C=O) groups excluding carboxylic acids is 1. The van der Waals surface area contributed by atoms with E-state index in [1.165, 1.54) is 0 Å². The van der Waals surface area contributed by atoms with Crippen LogP contribution in [-0.2, 0) is 4.74 Å². The molecule has 2 N–H and O–H groups in total. The minimum Gasteiger partial charge on any atom is -0.497 e. The van der Waals surface area contributed by atoms with Crippen LogP contribution in [-0.4, -0.2) is 30.5 Å². The van der Waals surface area contributed by atoms with Crippen LogP contribution in [0.25, 0.3) is 6.08 Å². The van der Waals surface area contributed by atoms with E-state index in [0.717, 1.165) is 5.56 Å². The molecule has 0 aliphatic carbocycles. The number of carbonyl (C=O) groups is 1. The molecule has 20 heavy (non-hydrogen) atoms. The fraction of sp³-hybridized carbons (Fsp3) is 0.400. The van der Waals surface area contributed by atoms with Gasteiger partial charge >= 0.3 is 6.09 Å². The monoisotopic (exact) mass is 279 g/mol. The van der Waals surface area contributed by atoms with Crippen LogP contribution in [0, 0.1) is 0 Å². The van der Waals surface area contributed by atoms with Crippen molar-refractivity contribution in [3.05, 3.63) is 29.8 Å². The third-order valence-corrected chi connectivity index (χ3v) is 2.30. The highest BCUT2D eigenvalue weighted by Crippen LogP contribution is 2.24. The Bertz CT molecular complexity index is 489. The smallest absolute Gasteiger partial charge is 0.412 e. The number of hydrogen-bond acceptors (Lipinski definition) is 4. The zero-order valence-corrected chi connectivity index (χ0v) is 12.3. The molecule has 0 saturated heterocycles. The minimum atomic E-state index is -0.565. The Hall–Kier alpha value is -2.01. The second-order valence-electron chi connectivity index (χ2n) is 5.17. The van der Waals surface area contributed by atoms with Gasteiger partial charge in [-0.05, 0) is 38.5 Å². The van der Waals surface area contributed by atoms with E-state index in [-0.39, 0.29) is 6.61 Å². The second kappa shape index (κ2) is 6.96. The minimum absolute atomic E-state index is 0.0715. The first-order chi connectivity index (χ1) is 9.35. The first-order valence-electron chi connectivity index (χ1n) is 6.31. The highest BCUT2D eigenvalue weighted by atomic mass is 16.6.